The summed E-state index contributed by atoms with van der Waals surface area (Å²) in [6, 6.07) is 8.40. The van der Waals surface area contributed by atoms with E-state index in [1.165, 1.54) is 24.0 Å². The average molecular weight is 241 g/mol. The Balaban J connectivity index is 1.80. The highest BCUT2D eigenvalue weighted by atomic mass is 16.2. The smallest absolute Gasteiger partial charge is 0.318 e. The van der Waals surface area contributed by atoms with E-state index in [9.17, 15) is 4.79 Å². The second-order valence-electron chi connectivity index (χ2n) is 4.92. The average Bonchev–Trinajstić information content (AvgIpc) is 2.96. The van der Waals surface area contributed by atoms with E-state index in [0.29, 0.717) is 6.54 Å². The first kappa shape index (κ1) is 11.1. The van der Waals surface area contributed by atoms with Crippen LogP contribution in [0.15, 0.2) is 18.2 Å². The molecule has 4 nitrogen and oxygen atoms in total. The van der Waals surface area contributed by atoms with E-state index in [2.05, 4.69) is 23.5 Å². The quantitative estimate of drug-likeness (QED) is 0.802. The van der Waals surface area contributed by atoms with Gasteiger partial charge < -0.3 is 10.2 Å². The molecule has 1 saturated heterocycles. The van der Waals surface area contributed by atoms with Crippen LogP contribution >= 0.6 is 0 Å². The fraction of sp³-hybridized carbons (Fsp3) is 0.429. The lowest BCUT2D eigenvalue weighted by molar-refractivity contribution is 0.222. The van der Waals surface area contributed by atoms with Crippen LogP contribution in [-0.2, 0) is 12.8 Å². The summed E-state index contributed by atoms with van der Waals surface area (Å²) in [5.41, 5.74) is 4.02. The van der Waals surface area contributed by atoms with Crippen molar-refractivity contribution in [3.63, 3.8) is 0 Å². The number of hydrogen-bond acceptors (Lipinski definition) is 2. The lowest BCUT2D eigenvalue weighted by atomic mass is 10.0. The maximum Gasteiger partial charge on any atom is 0.318 e. The molecule has 1 fully saturated rings. The summed E-state index contributed by atoms with van der Waals surface area (Å²) < 4.78 is 0. The summed E-state index contributed by atoms with van der Waals surface area (Å²) in [5, 5.41) is 11.6. The predicted molar refractivity (Wildman–Crippen MR) is 66.9 cm³/mol. The van der Waals surface area contributed by atoms with Crippen LogP contribution in [0.1, 0.15) is 29.2 Å². The SMILES string of the molecule is N#CCN1CC(c2ccc3c(c2)CCC3)NC1=O. The summed E-state index contributed by atoms with van der Waals surface area (Å²) >= 11 is 0. The number of urea groups is 1. The lowest BCUT2D eigenvalue weighted by Crippen LogP contribution is -2.28. The van der Waals surface area contributed by atoms with E-state index in [1.54, 1.807) is 4.90 Å². The van der Waals surface area contributed by atoms with Crippen molar-refractivity contribution in [2.24, 2.45) is 0 Å². The van der Waals surface area contributed by atoms with Crippen molar-refractivity contribution in [3.8, 4) is 6.07 Å². The van der Waals surface area contributed by atoms with Crippen LogP contribution in [0.3, 0.4) is 0 Å². The van der Waals surface area contributed by atoms with Crippen LogP contribution < -0.4 is 5.32 Å². The van der Waals surface area contributed by atoms with Crippen LogP contribution in [0.2, 0.25) is 0 Å². The van der Waals surface area contributed by atoms with Gasteiger partial charge in [0.15, 0.2) is 0 Å². The molecule has 1 N–H and O–H groups in total. The third-order valence-corrected chi connectivity index (χ3v) is 3.77. The molecule has 2 aliphatic rings. The number of fused-ring (bicyclic) bond motifs is 1. The van der Waals surface area contributed by atoms with Crippen LogP contribution in [-0.4, -0.2) is 24.0 Å². The maximum atomic E-state index is 11.6. The van der Waals surface area contributed by atoms with E-state index >= 15 is 0 Å². The van der Waals surface area contributed by atoms with Gasteiger partial charge in [0.1, 0.15) is 6.54 Å². The minimum absolute atomic E-state index is 0.0248. The van der Waals surface area contributed by atoms with Crippen molar-refractivity contribution >= 4 is 6.03 Å². The van der Waals surface area contributed by atoms with Gasteiger partial charge in [0.25, 0.3) is 0 Å². The Morgan fingerprint density at radius 1 is 1.39 bits per heavy atom. The number of benzene rings is 1. The van der Waals surface area contributed by atoms with Gasteiger partial charge >= 0.3 is 6.03 Å². The fourth-order valence-electron chi connectivity index (χ4n) is 2.81. The molecule has 18 heavy (non-hydrogen) atoms. The number of nitrogens with one attached hydrogen (secondary N) is 1. The molecule has 1 heterocycles. The molecular formula is C14H15N3O. The van der Waals surface area contributed by atoms with Gasteiger partial charge in [-0.2, -0.15) is 5.26 Å². The van der Waals surface area contributed by atoms with Crippen LogP contribution in [0.4, 0.5) is 4.79 Å². The molecule has 1 aromatic rings. The molecule has 1 aliphatic heterocycles. The fourth-order valence-corrected chi connectivity index (χ4v) is 2.81. The van der Waals surface area contributed by atoms with Gasteiger partial charge in [-0.1, -0.05) is 18.2 Å². The molecule has 1 unspecified atom stereocenters. The predicted octanol–water partition coefficient (Wildman–Crippen LogP) is 1.77. The Kier molecular flexibility index (Phi) is 2.67. The zero-order chi connectivity index (χ0) is 12.5. The summed E-state index contributed by atoms with van der Waals surface area (Å²) in [5.74, 6) is 0. The van der Waals surface area contributed by atoms with E-state index in [0.717, 1.165) is 12.0 Å². The van der Waals surface area contributed by atoms with Gasteiger partial charge in [-0.25, -0.2) is 4.79 Å². The van der Waals surface area contributed by atoms with E-state index in [-0.39, 0.29) is 18.6 Å². The normalized spacial score (nSPS) is 21.6. The van der Waals surface area contributed by atoms with Gasteiger partial charge in [0.05, 0.1) is 12.1 Å². The van der Waals surface area contributed by atoms with Gasteiger partial charge in [-0.3, -0.25) is 0 Å². The van der Waals surface area contributed by atoms with Gasteiger partial charge in [-0.05, 0) is 36.0 Å². The Labute approximate surface area is 106 Å². The van der Waals surface area contributed by atoms with Crippen molar-refractivity contribution < 1.29 is 4.79 Å². The Morgan fingerprint density at radius 2 is 2.22 bits per heavy atom. The molecule has 92 valence electrons. The first-order valence-corrected chi connectivity index (χ1v) is 6.32. The second-order valence-corrected chi connectivity index (χ2v) is 4.92. The molecule has 0 bridgehead atoms. The molecule has 0 saturated carbocycles. The highest BCUT2D eigenvalue weighted by Crippen LogP contribution is 2.27. The van der Waals surface area contributed by atoms with Crippen LogP contribution in [0.25, 0.3) is 0 Å². The Hall–Kier alpha value is -2.02. The number of carbonyl (C=O) groups is 1. The van der Waals surface area contributed by atoms with E-state index in [4.69, 9.17) is 5.26 Å². The molecule has 0 aromatic heterocycles. The molecule has 2 amide bonds. The summed E-state index contributed by atoms with van der Waals surface area (Å²) in [6.07, 6.45) is 3.55. The van der Waals surface area contributed by atoms with Crippen molar-refractivity contribution in [3.05, 3.63) is 34.9 Å². The largest absolute Gasteiger partial charge is 0.329 e. The third-order valence-electron chi connectivity index (χ3n) is 3.77. The lowest BCUT2D eigenvalue weighted by Gasteiger charge is -2.12. The number of hydrogen-bond donors (Lipinski definition) is 1. The minimum Gasteiger partial charge on any atom is -0.329 e. The van der Waals surface area contributed by atoms with Crippen molar-refractivity contribution in [2.75, 3.05) is 13.1 Å². The Bertz CT molecular complexity index is 532. The number of amides is 2. The van der Waals surface area contributed by atoms with E-state index < -0.39 is 0 Å². The first-order chi connectivity index (χ1) is 8.78. The molecule has 3 rings (SSSR count). The summed E-state index contributed by atoms with van der Waals surface area (Å²) in [4.78, 5) is 13.2. The van der Waals surface area contributed by atoms with Crippen molar-refractivity contribution in [2.45, 2.75) is 25.3 Å². The molecular weight excluding hydrogens is 226 g/mol. The first-order valence-electron chi connectivity index (χ1n) is 6.32. The molecule has 0 spiro atoms. The van der Waals surface area contributed by atoms with Crippen LogP contribution in [0, 0.1) is 11.3 Å². The standard InChI is InChI=1S/C14H15N3O/c15-6-7-17-9-13(16-14(17)18)12-5-4-10-2-1-3-11(10)8-12/h4-5,8,13H,1-3,7,9H2,(H,16,18). The van der Waals surface area contributed by atoms with E-state index in [1.807, 2.05) is 6.07 Å². The minimum atomic E-state index is -0.137. The second kappa shape index (κ2) is 4.34. The van der Waals surface area contributed by atoms with Crippen molar-refractivity contribution in [1.29, 1.82) is 5.26 Å². The molecule has 1 aromatic carbocycles. The third kappa shape index (κ3) is 1.82. The number of carbonyl (C=O) groups excluding carboxylic acids is 1. The summed E-state index contributed by atoms with van der Waals surface area (Å²) in [6.45, 7) is 0.748. The Morgan fingerprint density at radius 3 is 3.06 bits per heavy atom. The zero-order valence-electron chi connectivity index (χ0n) is 10.1. The van der Waals surface area contributed by atoms with Gasteiger partial charge in [-0.15, -0.1) is 0 Å². The van der Waals surface area contributed by atoms with Crippen molar-refractivity contribution in [1.82, 2.24) is 10.2 Å². The van der Waals surface area contributed by atoms with Gasteiger partial charge in [0, 0.05) is 6.54 Å². The number of rotatable bonds is 2. The molecule has 0 radical (unpaired) electrons. The molecule has 1 atom stereocenters. The summed E-state index contributed by atoms with van der Waals surface area (Å²) in [7, 11) is 0. The number of nitrogens with zero attached hydrogens (tertiary/aromatic N) is 2. The highest BCUT2D eigenvalue weighted by molar-refractivity contribution is 5.77. The van der Waals surface area contributed by atoms with Crippen LogP contribution in [0.5, 0.6) is 0 Å². The monoisotopic (exact) mass is 241 g/mol. The topological polar surface area (TPSA) is 56.1 Å². The number of aryl methyl sites for hydroxylation is 2. The maximum absolute atomic E-state index is 11.6. The molecule has 1 aliphatic carbocycles. The zero-order valence-corrected chi connectivity index (χ0v) is 10.1. The molecule has 4 heteroatoms. The highest BCUT2D eigenvalue weighted by Gasteiger charge is 2.29. The number of nitriles is 1. The van der Waals surface area contributed by atoms with Gasteiger partial charge in [0.2, 0.25) is 0 Å².